The summed E-state index contributed by atoms with van der Waals surface area (Å²) in [6.07, 6.45) is 25.6. The van der Waals surface area contributed by atoms with Gasteiger partial charge in [0.2, 0.25) is 0 Å². The Morgan fingerprint density at radius 1 is 0.544 bits per heavy atom. The molecule has 0 radical (unpaired) electrons. The average Bonchev–Trinajstić information content (AvgIpc) is 3.19. The van der Waals surface area contributed by atoms with Gasteiger partial charge in [0.15, 0.2) is 0 Å². The molecule has 1 aliphatic rings. The van der Waals surface area contributed by atoms with Crippen molar-refractivity contribution in [1.29, 1.82) is 0 Å². The summed E-state index contributed by atoms with van der Waals surface area (Å²) in [4.78, 5) is 23.1. The molecule has 0 bridgehead atoms. The molecule has 6 unspecified atom stereocenters. The van der Waals surface area contributed by atoms with Crippen molar-refractivity contribution in [3.8, 4) is 0 Å². The second-order valence-corrected chi connectivity index (χ2v) is 17.7. The van der Waals surface area contributed by atoms with Crippen LogP contribution in [0.1, 0.15) is 200 Å². The fraction of sp³-hybridized carbons (Fsp3) is 0.932. The van der Waals surface area contributed by atoms with Crippen LogP contribution in [0.2, 0.25) is 0 Å². The number of hydrogen-bond acceptors (Lipinski definition) is 11. The third kappa shape index (κ3) is 28.3. The molecule has 0 heterocycles. The zero-order chi connectivity index (χ0) is 42.0. The van der Waals surface area contributed by atoms with Crippen molar-refractivity contribution in [2.24, 2.45) is 0 Å². The minimum atomic E-state index is -5.01. The smallest absolute Gasteiger partial charge is 0.457 e. The van der Waals surface area contributed by atoms with Crippen LogP contribution in [0.25, 0.3) is 0 Å². The van der Waals surface area contributed by atoms with Crippen molar-refractivity contribution in [3.05, 3.63) is 12.2 Å². The fourth-order valence-corrected chi connectivity index (χ4v) is 8.15. The molecule has 6 N–H and O–H groups in total. The predicted molar refractivity (Wildman–Crippen MR) is 226 cm³/mol. The number of aliphatic hydroxyl groups excluding tert-OH is 5. The molecule has 13 heteroatoms. The predicted octanol–water partition coefficient (Wildman–Crippen LogP) is 9.14. The Morgan fingerprint density at radius 3 is 1.39 bits per heavy atom. The zero-order valence-electron chi connectivity index (χ0n) is 35.9. The molecule has 0 aromatic carbocycles. The number of phosphoric ester groups is 1. The van der Waals surface area contributed by atoms with Crippen molar-refractivity contribution >= 4 is 13.8 Å². The van der Waals surface area contributed by atoms with Gasteiger partial charge in [-0.3, -0.25) is 13.8 Å². The van der Waals surface area contributed by atoms with E-state index >= 15 is 0 Å². The summed E-state index contributed by atoms with van der Waals surface area (Å²) in [5.41, 5.74) is 0. The molecular weight excluding hydrogens is 751 g/mol. The molecular formula is C44H85O12P. The Kier molecular flexibility index (Phi) is 34.0. The normalized spacial score (nSPS) is 22.9. The number of carbonyl (C=O) groups is 1. The van der Waals surface area contributed by atoms with Gasteiger partial charge in [0.1, 0.15) is 42.7 Å². The molecule has 6 atom stereocenters. The molecule has 1 aliphatic carbocycles. The van der Waals surface area contributed by atoms with Crippen LogP contribution in [0.4, 0.5) is 0 Å². The Balaban J connectivity index is 2.39. The summed E-state index contributed by atoms with van der Waals surface area (Å²) >= 11 is 0. The number of ether oxygens (including phenoxy) is 2. The van der Waals surface area contributed by atoms with Crippen LogP contribution < -0.4 is 0 Å². The van der Waals surface area contributed by atoms with Crippen molar-refractivity contribution in [2.75, 3.05) is 19.8 Å². The van der Waals surface area contributed by atoms with Gasteiger partial charge in [-0.05, 0) is 38.5 Å². The molecule has 338 valence electrons. The van der Waals surface area contributed by atoms with E-state index in [0.717, 1.165) is 51.4 Å². The third-order valence-electron chi connectivity index (χ3n) is 10.9. The van der Waals surface area contributed by atoms with Crippen molar-refractivity contribution in [2.45, 2.75) is 243 Å². The first kappa shape index (κ1) is 54.1. The highest BCUT2D eigenvalue weighted by molar-refractivity contribution is 7.47. The van der Waals surface area contributed by atoms with Crippen LogP contribution in [0, 0.1) is 0 Å². The van der Waals surface area contributed by atoms with Gasteiger partial charge in [-0.25, -0.2) is 4.57 Å². The molecule has 0 amide bonds. The number of hydrogen-bond donors (Lipinski definition) is 6. The summed E-state index contributed by atoms with van der Waals surface area (Å²) in [5.74, 6) is -0.477. The lowest BCUT2D eigenvalue weighted by atomic mass is 9.85. The van der Waals surface area contributed by atoms with E-state index in [0.29, 0.717) is 13.0 Å². The number of aliphatic hydroxyl groups is 5. The van der Waals surface area contributed by atoms with Gasteiger partial charge in [0.25, 0.3) is 0 Å². The van der Waals surface area contributed by atoms with E-state index in [9.17, 15) is 39.8 Å². The van der Waals surface area contributed by atoms with E-state index in [4.69, 9.17) is 18.5 Å². The molecule has 0 aromatic rings. The highest BCUT2D eigenvalue weighted by Gasteiger charge is 2.51. The molecule has 0 spiro atoms. The Hall–Kier alpha value is -0.920. The van der Waals surface area contributed by atoms with Gasteiger partial charge in [-0.15, -0.1) is 0 Å². The first-order chi connectivity index (χ1) is 27.5. The second kappa shape index (κ2) is 35.8. The molecule has 12 nitrogen and oxygen atoms in total. The van der Waals surface area contributed by atoms with Crippen LogP contribution in [-0.2, 0) is 27.9 Å². The Labute approximate surface area is 346 Å². The van der Waals surface area contributed by atoms with E-state index in [1.807, 2.05) is 0 Å². The zero-order valence-corrected chi connectivity index (χ0v) is 36.8. The molecule has 0 saturated heterocycles. The monoisotopic (exact) mass is 837 g/mol. The van der Waals surface area contributed by atoms with Gasteiger partial charge in [0, 0.05) is 13.0 Å². The molecule has 1 fully saturated rings. The summed E-state index contributed by atoms with van der Waals surface area (Å²) in [7, 11) is -5.01. The van der Waals surface area contributed by atoms with E-state index in [2.05, 4.69) is 26.0 Å². The number of carbonyl (C=O) groups excluding carboxylic acids is 1. The Bertz CT molecular complexity index is 1000. The molecule has 1 rings (SSSR count). The molecule has 0 aromatic heterocycles. The summed E-state index contributed by atoms with van der Waals surface area (Å²) in [6, 6.07) is 0. The minimum absolute atomic E-state index is 0.0756. The molecule has 0 aliphatic heterocycles. The number of phosphoric acid groups is 1. The lowest BCUT2D eigenvalue weighted by Crippen LogP contribution is -2.64. The van der Waals surface area contributed by atoms with Gasteiger partial charge in [-0.2, -0.15) is 0 Å². The molecule has 57 heavy (non-hydrogen) atoms. The average molecular weight is 837 g/mol. The minimum Gasteiger partial charge on any atom is -0.457 e. The number of esters is 1. The molecule has 1 saturated carbocycles. The maximum absolute atomic E-state index is 12.8. The van der Waals surface area contributed by atoms with Crippen molar-refractivity contribution < 1.29 is 58.3 Å². The first-order valence-corrected chi connectivity index (χ1v) is 24.5. The van der Waals surface area contributed by atoms with Gasteiger partial charge in [0.05, 0.1) is 13.2 Å². The van der Waals surface area contributed by atoms with E-state index in [-0.39, 0.29) is 13.0 Å². The first-order valence-electron chi connectivity index (χ1n) is 23.0. The summed E-state index contributed by atoms with van der Waals surface area (Å²) < 4.78 is 34.2. The van der Waals surface area contributed by atoms with Gasteiger partial charge in [-0.1, -0.05) is 167 Å². The van der Waals surface area contributed by atoms with Crippen LogP contribution >= 0.6 is 7.82 Å². The van der Waals surface area contributed by atoms with Crippen LogP contribution in [0.15, 0.2) is 12.2 Å². The summed E-state index contributed by atoms with van der Waals surface area (Å²) in [6.45, 7) is 4.25. The lowest BCUT2D eigenvalue weighted by molar-refractivity contribution is -0.220. The third-order valence-corrected chi connectivity index (χ3v) is 11.9. The SMILES string of the molecule is CCCCCCCCC/C=C\CCCCCCCCOCC(COP(=O)(O)OC1C(O)C(O)C(O)C(O)C1O)OC(=O)CCCCCCCCCCCCCCC. The van der Waals surface area contributed by atoms with Crippen molar-refractivity contribution in [3.63, 3.8) is 0 Å². The lowest BCUT2D eigenvalue weighted by Gasteiger charge is -2.41. The van der Waals surface area contributed by atoms with Crippen LogP contribution in [0.3, 0.4) is 0 Å². The van der Waals surface area contributed by atoms with E-state index in [1.165, 1.54) is 122 Å². The van der Waals surface area contributed by atoms with E-state index in [1.54, 1.807) is 0 Å². The fourth-order valence-electron chi connectivity index (χ4n) is 7.17. The number of rotatable bonds is 39. The maximum atomic E-state index is 12.8. The highest BCUT2D eigenvalue weighted by Crippen LogP contribution is 2.47. The largest absolute Gasteiger partial charge is 0.472 e. The summed E-state index contributed by atoms with van der Waals surface area (Å²) in [5, 5.41) is 50.1. The number of unbranched alkanes of at least 4 members (excludes halogenated alkanes) is 25. The van der Waals surface area contributed by atoms with E-state index < -0.39 is 63.1 Å². The quantitative estimate of drug-likeness (QED) is 0.0149. The van der Waals surface area contributed by atoms with Gasteiger partial charge < -0.3 is 39.9 Å². The number of allylic oxidation sites excluding steroid dienone is 2. The van der Waals surface area contributed by atoms with Crippen LogP contribution in [0.5, 0.6) is 0 Å². The highest BCUT2D eigenvalue weighted by atomic mass is 31.2. The standard InChI is InChI=1S/C44H85O12P/c1-3-5-7-9-11-13-15-17-18-19-20-22-24-26-28-30-32-34-53-35-37(36-54-57(51,52)56-44-42(49)40(47)39(46)41(48)43(44)50)55-38(45)33-31-29-27-25-23-21-16-14-12-10-8-6-4-2/h18-19,37,39-44,46-50H,3-17,20-36H2,1-2H3,(H,51,52)/b19-18-. The maximum Gasteiger partial charge on any atom is 0.472 e. The van der Waals surface area contributed by atoms with Crippen LogP contribution in [-0.4, -0.2) is 98.9 Å². The van der Waals surface area contributed by atoms with Crippen molar-refractivity contribution in [1.82, 2.24) is 0 Å². The second-order valence-electron chi connectivity index (χ2n) is 16.3. The Morgan fingerprint density at radius 2 is 0.930 bits per heavy atom. The van der Waals surface area contributed by atoms with Gasteiger partial charge >= 0.3 is 13.8 Å². The topological polar surface area (TPSA) is 192 Å².